The van der Waals surface area contributed by atoms with Crippen molar-refractivity contribution in [1.29, 1.82) is 0 Å². The number of halogens is 3. The monoisotopic (exact) mass is 307 g/mol. The van der Waals surface area contributed by atoms with Crippen molar-refractivity contribution in [3.05, 3.63) is 59.8 Å². The molecule has 0 radical (unpaired) electrons. The standard InChI is InChI=1S/C16H12F3NS/c1-10-15(21-12-5-3-2-4-6-12)13-9-11(16(17,18)19)7-8-14(13)20-10/h2-9,20H,1H3. The fraction of sp³-hybridized carbons (Fsp3) is 0.125. The summed E-state index contributed by atoms with van der Waals surface area (Å²) in [6, 6.07) is 13.4. The van der Waals surface area contributed by atoms with Crippen LogP contribution in [0.1, 0.15) is 11.3 Å². The topological polar surface area (TPSA) is 15.8 Å². The molecule has 0 aliphatic carbocycles. The van der Waals surface area contributed by atoms with Gasteiger partial charge in [-0.2, -0.15) is 13.2 Å². The van der Waals surface area contributed by atoms with Gasteiger partial charge in [0.15, 0.2) is 0 Å². The smallest absolute Gasteiger partial charge is 0.358 e. The second-order valence-electron chi connectivity index (χ2n) is 4.75. The highest BCUT2D eigenvalue weighted by Gasteiger charge is 2.31. The number of aromatic amines is 1. The van der Waals surface area contributed by atoms with Crippen LogP contribution in [0.3, 0.4) is 0 Å². The average Bonchev–Trinajstić information content (AvgIpc) is 2.75. The fourth-order valence-electron chi connectivity index (χ4n) is 2.22. The van der Waals surface area contributed by atoms with Crippen LogP contribution in [0.25, 0.3) is 10.9 Å². The first-order valence-electron chi connectivity index (χ1n) is 6.37. The molecular weight excluding hydrogens is 295 g/mol. The lowest BCUT2D eigenvalue weighted by Crippen LogP contribution is -2.04. The number of hydrogen-bond acceptors (Lipinski definition) is 1. The van der Waals surface area contributed by atoms with E-state index in [0.717, 1.165) is 27.1 Å². The lowest BCUT2D eigenvalue weighted by molar-refractivity contribution is -0.137. The number of aromatic nitrogens is 1. The van der Waals surface area contributed by atoms with Gasteiger partial charge in [0.05, 0.1) is 5.56 Å². The van der Waals surface area contributed by atoms with Crippen molar-refractivity contribution in [2.75, 3.05) is 0 Å². The Morgan fingerprint density at radius 3 is 2.38 bits per heavy atom. The van der Waals surface area contributed by atoms with Crippen molar-refractivity contribution in [3.8, 4) is 0 Å². The second kappa shape index (κ2) is 5.15. The summed E-state index contributed by atoms with van der Waals surface area (Å²) in [5.74, 6) is 0. The van der Waals surface area contributed by atoms with Crippen LogP contribution < -0.4 is 0 Å². The van der Waals surface area contributed by atoms with E-state index in [4.69, 9.17) is 0 Å². The van der Waals surface area contributed by atoms with Gasteiger partial charge in [-0.15, -0.1) is 0 Å². The Hall–Kier alpha value is -1.88. The molecule has 0 fully saturated rings. The molecule has 0 unspecified atom stereocenters. The maximum Gasteiger partial charge on any atom is 0.416 e. The highest BCUT2D eigenvalue weighted by molar-refractivity contribution is 7.99. The molecule has 21 heavy (non-hydrogen) atoms. The normalized spacial score (nSPS) is 12.0. The molecule has 1 N–H and O–H groups in total. The van der Waals surface area contributed by atoms with Crippen molar-refractivity contribution in [2.45, 2.75) is 22.9 Å². The Balaban J connectivity index is 2.11. The molecule has 1 aromatic heterocycles. The largest absolute Gasteiger partial charge is 0.416 e. The van der Waals surface area contributed by atoms with E-state index in [1.165, 1.54) is 23.9 Å². The van der Waals surface area contributed by atoms with E-state index in [0.29, 0.717) is 5.39 Å². The Morgan fingerprint density at radius 1 is 1.00 bits per heavy atom. The number of hydrogen-bond donors (Lipinski definition) is 1. The van der Waals surface area contributed by atoms with Crippen LogP contribution in [0, 0.1) is 6.92 Å². The number of nitrogens with one attached hydrogen (secondary N) is 1. The van der Waals surface area contributed by atoms with E-state index >= 15 is 0 Å². The van der Waals surface area contributed by atoms with Gasteiger partial charge in [0.25, 0.3) is 0 Å². The van der Waals surface area contributed by atoms with E-state index in [2.05, 4.69) is 4.98 Å². The lowest BCUT2D eigenvalue weighted by atomic mass is 10.1. The predicted molar refractivity (Wildman–Crippen MR) is 78.6 cm³/mol. The molecule has 1 heterocycles. The van der Waals surface area contributed by atoms with Gasteiger partial charge in [0.1, 0.15) is 0 Å². The summed E-state index contributed by atoms with van der Waals surface area (Å²) >= 11 is 1.47. The zero-order valence-corrected chi connectivity index (χ0v) is 12.0. The number of H-pyrrole nitrogens is 1. The minimum atomic E-state index is -4.33. The van der Waals surface area contributed by atoms with Crippen molar-refractivity contribution >= 4 is 22.7 Å². The molecule has 3 aromatic rings. The van der Waals surface area contributed by atoms with E-state index in [1.54, 1.807) is 0 Å². The first-order valence-corrected chi connectivity index (χ1v) is 7.19. The third-order valence-electron chi connectivity index (χ3n) is 3.22. The highest BCUT2D eigenvalue weighted by atomic mass is 32.2. The summed E-state index contributed by atoms with van der Waals surface area (Å²) in [6.07, 6.45) is -4.33. The maximum atomic E-state index is 12.9. The third kappa shape index (κ3) is 2.78. The number of fused-ring (bicyclic) bond motifs is 1. The molecule has 0 aliphatic heterocycles. The van der Waals surface area contributed by atoms with Crippen LogP contribution in [0.15, 0.2) is 58.3 Å². The minimum absolute atomic E-state index is 0.608. The summed E-state index contributed by atoms with van der Waals surface area (Å²) in [7, 11) is 0. The minimum Gasteiger partial charge on any atom is -0.358 e. The highest BCUT2D eigenvalue weighted by Crippen LogP contribution is 2.39. The first-order chi connectivity index (χ1) is 9.95. The van der Waals surface area contributed by atoms with Gasteiger partial charge < -0.3 is 4.98 Å². The van der Waals surface area contributed by atoms with Gasteiger partial charge in [0.2, 0.25) is 0 Å². The molecule has 5 heteroatoms. The van der Waals surface area contributed by atoms with Crippen LogP contribution in [0.5, 0.6) is 0 Å². The number of rotatable bonds is 2. The van der Waals surface area contributed by atoms with Crippen molar-refractivity contribution in [1.82, 2.24) is 4.98 Å². The average molecular weight is 307 g/mol. The zero-order chi connectivity index (χ0) is 15.0. The van der Waals surface area contributed by atoms with Gasteiger partial charge in [-0.25, -0.2) is 0 Å². The molecule has 0 atom stereocenters. The number of alkyl halides is 3. The molecule has 0 spiro atoms. The first kappa shape index (κ1) is 14.1. The molecule has 0 bridgehead atoms. The second-order valence-corrected chi connectivity index (χ2v) is 5.84. The van der Waals surface area contributed by atoms with Crippen molar-refractivity contribution in [3.63, 3.8) is 0 Å². The lowest BCUT2D eigenvalue weighted by Gasteiger charge is -2.07. The summed E-state index contributed by atoms with van der Waals surface area (Å²) in [5.41, 5.74) is 0.973. The molecule has 0 aliphatic rings. The molecular formula is C16H12F3NS. The predicted octanol–water partition coefficient (Wildman–Crippen LogP) is 5.65. The van der Waals surface area contributed by atoms with Crippen molar-refractivity contribution < 1.29 is 13.2 Å². The van der Waals surface area contributed by atoms with Crippen LogP contribution in [-0.2, 0) is 6.18 Å². The molecule has 0 saturated carbocycles. The Morgan fingerprint density at radius 2 is 1.71 bits per heavy atom. The molecule has 108 valence electrons. The zero-order valence-electron chi connectivity index (χ0n) is 11.2. The van der Waals surface area contributed by atoms with E-state index in [9.17, 15) is 13.2 Å². The van der Waals surface area contributed by atoms with Crippen LogP contribution >= 0.6 is 11.8 Å². The molecule has 0 amide bonds. The molecule has 0 saturated heterocycles. The fourth-order valence-corrected chi connectivity index (χ4v) is 3.23. The maximum absolute atomic E-state index is 12.9. The quantitative estimate of drug-likeness (QED) is 0.647. The Bertz CT molecular complexity index is 775. The summed E-state index contributed by atoms with van der Waals surface area (Å²) in [4.78, 5) is 4.97. The van der Waals surface area contributed by atoms with Gasteiger partial charge in [-0.1, -0.05) is 30.0 Å². The van der Waals surface area contributed by atoms with E-state index < -0.39 is 11.7 Å². The third-order valence-corrected chi connectivity index (χ3v) is 4.46. The van der Waals surface area contributed by atoms with Crippen LogP contribution in [0.4, 0.5) is 13.2 Å². The molecule has 1 nitrogen and oxygen atoms in total. The van der Waals surface area contributed by atoms with Gasteiger partial charge in [0, 0.05) is 26.4 Å². The SMILES string of the molecule is Cc1[nH]c2ccc(C(F)(F)F)cc2c1Sc1ccccc1. The van der Waals surface area contributed by atoms with Gasteiger partial charge in [-0.3, -0.25) is 0 Å². The Labute approximate surface area is 124 Å². The van der Waals surface area contributed by atoms with E-state index in [1.807, 2.05) is 37.3 Å². The van der Waals surface area contributed by atoms with Crippen LogP contribution in [-0.4, -0.2) is 4.98 Å². The van der Waals surface area contributed by atoms with Crippen LogP contribution in [0.2, 0.25) is 0 Å². The summed E-state index contributed by atoms with van der Waals surface area (Å²) in [6.45, 7) is 1.87. The van der Waals surface area contributed by atoms with Gasteiger partial charge >= 0.3 is 6.18 Å². The Kier molecular flexibility index (Phi) is 3.45. The molecule has 2 aromatic carbocycles. The number of benzene rings is 2. The number of aryl methyl sites for hydroxylation is 1. The summed E-state index contributed by atoms with van der Waals surface area (Å²) in [5, 5.41) is 0.608. The summed E-state index contributed by atoms with van der Waals surface area (Å²) < 4.78 is 38.6. The van der Waals surface area contributed by atoms with E-state index in [-0.39, 0.29) is 0 Å². The van der Waals surface area contributed by atoms with Crippen molar-refractivity contribution in [2.24, 2.45) is 0 Å². The van der Waals surface area contributed by atoms with Gasteiger partial charge in [-0.05, 0) is 37.3 Å². The molecule has 3 rings (SSSR count).